The first-order chi connectivity index (χ1) is 12.8. The normalized spacial score (nSPS) is 12.0. The van der Waals surface area contributed by atoms with Crippen LogP contribution in [0.3, 0.4) is 0 Å². The molecule has 8 heteroatoms. The van der Waals surface area contributed by atoms with Crippen molar-refractivity contribution in [3.05, 3.63) is 52.7 Å². The monoisotopic (exact) mass is 396 g/mol. The highest BCUT2D eigenvalue weighted by Gasteiger charge is 2.40. The van der Waals surface area contributed by atoms with Crippen LogP contribution in [0.4, 0.5) is 19.0 Å². The van der Waals surface area contributed by atoms with E-state index in [2.05, 4.69) is 0 Å². The van der Waals surface area contributed by atoms with Crippen molar-refractivity contribution < 1.29 is 27.5 Å². The van der Waals surface area contributed by atoms with Crippen molar-refractivity contribution in [3.8, 4) is 0 Å². The number of anilines is 1. The molecule has 1 aromatic carbocycles. The molecule has 0 aliphatic heterocycles. The summed E-state index contributed by atoms with van der Waals surface area (Å²) in [6.07, 6.45) is -5.09. The molecule has 28 heavy (non-hydrogen) atoms. The van der Waals surface area contributed by atoms with Gasteiger partial charge in [-0.15, -0.1) is 0 Å². The fourth-order valence-electron chi connectivity index (χ4n) is 2.71. The van der Waals surface area contributed by atoms with E-state index in [9.17, 15) is 22.8 Å². The first-order valence-electron chi connectivity index (χ1n) is 8.66. The maximum atomic E-state index is 12.9. The van der Waals surface area contributed by atoms with E-state index in [0.29, 0.717) is 11.3 Å². The number of rotatable bonds is 4. The molecule has 2 rings (SSSR count). The number of carbonyl (C=O) groups excluding carboxylic acids is 2. The van der Waals surface area contributed by atoms with Gasteiger partial charge >= 0.3 is 18.1 Å². The van der Waals surface area contributed by atoms with E-state index in [4.69, 9.17) is 4.74 Å². The lowest BCUT2D eigenvalue weighted by molar-refractivity contribution is -0.167. The number of ether oxygens (including phenoxy) is 1. The van der Waals surface area contributed by atoms with Crippen LogP contribution in [0, 0.1) is 13.8 Å². The smallest absolute Gasteiger partial charge is 0.456 e. The minimum absolute atomic E-state index is 0.0824. The zero-order chi connectivity index (χ0) is 21.3. The van der Waals surface area contributed by atoms with Gasteiger partial charge in [0.15, 0.2) is 0 Å². The summed E-state index contributed by atoms with van der Waals surface area (Å²) in [6, 6.07) is 9.01. The highest BCUT2D eigenvalue weighted by Crippen LogP contribution is 2.31. The number of amides is 1. The van der Waals surface area contributed by atoms with Crippen molar-refractivity contribution in [1.82, 2.24) is 4.57 Å². The van der Waals surface area contributed by atoms with E-state index in [1.807, 2.05) is 11.4 Å². The van der Waals surface area contributed by atoms with Crippen LogP contribution in [-0.2, 0) is 16.1 Å². The average Bonchev–Trinajstić information content (AvgIpc) is 2.78. The number of carbonyl (C=O) groups is 2. The van der Waals surface area contributed by atoms with Crippen LogP contribution in [0.25, 0.3) is 0 Å². The number of nitrogens with zero attached hydrogens (tertiary/aromatic N) is 1. The van der Waals surface area contributed by atoms with Gasteiger partial charge in [0.25, 0.3) is 0 Å². The van der Waals surface area contributed by atoms with Crippen LogP contribution in [0.2, 0.25) is 0 Å². The number of alkyl halides is 3. The van der Waals surface area contributed by atoms with Crippen LogP contribution < -0.4 is 5.32 Å². The molecule has 152 valence electrons. The van der Waals surface area contributed by atoms with Gasteiger partial charge in [-0.1, -0.05) is 30.3 Å². The number of aromatic nitrogens is 1. The molecule has 0 aliphatic rings. The predicted octanol–water partition coefficient (Wildman–Crippen LogP) is 4.61. The van der Waals surface area contributed by atoms with Gasteiger partial charge in [-0.2, -0.15) is 13.2 Å². The van der Waals surface area contributed by atoms with Crippen molar-refractivity contribution >= 4 is 17.7 Å². The molecule has 1 amide bonds. The third-order valence-corrected chi connectivity index (χ3v) is 4.11. The van der Waals surface area contributed by atoms with Crippen LogP contribution in [-0.4, -0.2) is 28.2 Å². The second-order valence-electron chi connectivity index (χ2n) is 7.46. The summed E-state index contributed by atoms with van der Waals surface area (Å²) in [5.74, 6) is -3.17. The van der Waals surface area contributed by atoms with Gasteiger partial charge in [0.05, 0.1) is 0 Å². The predicted molar refractivity (Wildman–Crippen MR) is 99.3 cm³/mol. The standard InChI is InChI=1S/C20H23F3N2O3/c1-12-13(2)25(11-14-9-7-6-8-10-14)16(24-18(27)20(21,22)23)15(12)17(26)28-19(3,4)5/h6-10H,11H2,1-5H3,(H,24,27). The molecule has 0 radical (unpaired) electrons. The Kier molecular flexibility index (Phi) is 5.91. The van der Waals surface area contributed by atoms with E-state index < -0.39 is 23.7 Å². The SMILES string of the molecule is Cc1c(C(=O)OC(C)(C)C)c(NC(=O)C(F)(F)F)n(Cc2ccccc2)c1C. The Morgan fingerprint density at radius 2 is 1.64 bits per heavy atom. The Morgan fingerprint density at radius 1 is 1.07 bits per heavy atom. The van der Waals surface area contributed by atoms with Gasteiger partial charge in [0.1, 0.15) is 17.0 Å². The topological polar surface area (TPSA) is 60.3 Å². The Bertz CT molecular complexity index is 879. The molecule has 1 N–H and O–H groups in total. The van der Waals surface area contributed by atoms with Crippen molar-refractivity contribution in [3.63, 3.8) is 0 Å². The van der Waals surface area contributed by atoms with Gasteiger partial charge in [0.2, 0.25) is 0 Å². The van der Waals surface area contributed by atoms with Gasteiger partial charge < -0.3 is 14.6 Å². The average molecular weight is 396 g/mol. The molecular formula is C20H23F3N2O3. The quantitative estimate of drug-likeness (QED) is 0.768. The number of nitrogens with one attached hydrogen (secondary N) is 1. The highest BCUT2D eigenvalue weighted by molar-refractivity contribution is 6.03. The summed E-state index contributed by atoms with van der Waals surface area (Å²) in [7, 11) is 0. The van der Waals surface area contributed by atoms with E-state index in [0.717, 1.165) is 5.56 Å². The van der Waals surface area contributed by atoms with E-state index in [-0.39, 0.29) is 17.9 Å². The largest absolute Gasteiger partial charge is 0.471 e. The number of hydrogen-bond acceptors (Lipinski definition) is 3. The molecule has 0 fully saturated rings. The van der Waals surface area contributed by atoms with E-state index in [1.165, 1.54) is 4.57 Å². The zero-order valence-electron chi connectivity index (χ0n) is 16.4. The van der Waals surface area contributed by atoms with Crippen molar-refractivity contribution in [1.29, 1.82) is 0 Å². The van der Waals surface area contributed by atoms with Crippen LogP contribution in [0.15, 0.2) is 30.3 Å². The summed E-state index contributed by atoms with van der Waals surface area (Å²) in [6.45, 7) is 8.44. The Balaban J connectivity index is 2.58. The third-order valence-electron chi connectivity index (χ3n) is 4.11. The summed E-state index contributed by atoms with van der Waals surface area (Å²) in [5, 5.41) is 1.87. The minimum atomic E-state index is -5.09. The zero-order valence-corrected chi connectivity index (χ0v) is 16.4. The molecule has 0 saturated carbocycles. The maximum absolute atomic E-state index is 12.9. The van der Waals surface area contributed by atoms with Gasteiger partial charge in [-0.05, 0) is 45.7 Å². The summed E-state index contributed by atoms with van der Waals surface area (Å²) < 4.78 is 45.4. The van der Waals surface area contributed by atoms with Crippen molar-refractivity contribution in [2.24, 2.45) is 0 Å². The van der Waals surface area contributed by atoms with Crippen molar-refractivity contribution in [2.45, 2.75) is 52.9 Å². The second kappa shape index (κ2) is 7.69. The number of esters is 1. The third kappa shape index (κ3) is 4.94. The van der Waals surface area contributed by atoms with Gasteiger partial charge in [0, 0.05) is 12.2 Å². The molecule has 1 heterocycles. The van der Waals surface area contributed by atoms with E-state index >= 15 is 0 Å². The first-order valence-corrected chi connectivity index (χ1v) is 8.66. The number of hydrogen-bond donors (Lipinski definition) is 1. The lowest BCUT2D eigenvalue weighted by Gasteiger charge is -2.20. The maximum Gasteiger partial charge on any atom is 0.471 e. The second-order valence-corrected chi connectivity index (χ2v) is 7.46. The van der Waals surface area contributed by atoms with Gasteiger partial charge in [-0.3, -0.25) is 4.79 Å². The molecule has 0 atom stereocenters. The Labute approximate surface area is 161 Å². The molecule has 0 bridgehead atoms. The van der Waals surface area contributed by atoms with E-state index in [1.54, 1.807) is 58.9 Å². The fraction of sp³-hybridized carbons (Fsp3) is 0.400. The molecule has 1 aromatic heterocycles. The first kappa shape index (κ1) is 21.5. The fourth-order valence-corrected chi connectivity index (χ4v) is 2.71. The summed E-state index contributed by atoms with van der Waals surface area (Å²) in [4.78, 5) is 24.3. The minimum Gasteiger partial charge on any atom is -0.456 e. The molecule has 2 aromatic rings. The highest BCUT2D eigenvalue weighted by atomic mass is 19.4. The Hall–Kier alpha value is -2.77. The van der Waals surface area contributed by atoms with Crippen LogP contribution in [0.1, 0.15) is 48.0 Å². The number of benzene rings is 1. The summed E-state index contributed by atoms with van der Waals surface area (Å²) >= 11 is 0. The molecule has 0 saturated heterocycles. The summed E-state index contributed by atoms with van der Waals surface area (Å²) in [5.41, 5.74) is 0.884. The van der Waals surface area contributed by atoms with Gasteiger partial charge in [-0.25, -0.2) is 4.79 Å². The molecule has 0 unspecified atom stereocenters. The molecular weight excluding hydrogens is 373 g/mol. The lowest BCUT2D eigenvalue weighted by atomic mass is 10.1. The molecule has 5 nitrogen and oxygen atoms in total. The van der Waals surface area contributed by atoms with Crippen molar-refractivity contribution in [2.75, 3.05) is 5.32 Å². The van der Waals surface area contributed by atoms with Crippen LogP contribution in [0.5, 0.6) is 0 Å². The lowest BCUT2D eigenvalue weighted by Crippen LogP contribution is -2.32. The Morgan fingerprint density at radius 3 is 2.14 bits per heavy atom. The molecule has 0 spiro atoms. The van der Waals surface area contributed by atoms with Crippen LogP contribution >= 0.6 is 0 Å². The number of halogens is 3. The molecule has 0 aliphatic carbocycles.